The first-order chi connectivity index (χ1) is 10.1. The normalized spacial score (nSPS) is 11.0. The molecule has 5 heteroatoms. The van der Waals surface area contributed by atoms with Gasteiger partial charge in [-0.2, -0.15) is 5.10 Å². The molecule has 3 aromatic rings. The number of nitrogens with zero attached hydrogens (tertiary/aromatic N) is 2. The second-order valence-electron chi connectivity index (χ2n) is 4.88. The van der Waals surface area contributed by atoms with Crippen LogP contribution in [0, 0.1) is 6.92 Å². The number of hydrogen-bond acceptors (Lipinski definition) is 3. The molecule has 0 fully saturated rings. The Morgan fingerprint density at radius 1 is 1.19 bits per heavy atom. The Bertz CT molecular complexity index is 811. The number of ether oxygens (including phenoxy) is 1. The molecule has 4 nitrogen and oxygen atoms in total. The van der Waals surface area contributed by atoms with Gasteiger partial charge in [-0.3, -0.25) is 0 Å². The molecule has 0 saturated carbocycles. The molecular formula is C16H16BrN3O. The fourth-order valence-corrected chi connectivity index (χ4v) is 2.64. The van der Waals surface area contributed by atoms with Crippen molar-refractivity contribution >= 4 is 32.4 Å². The second-order valence-corrected chi connectivity index (χ2v) is 5.79. The van der Waals surface area contributed by atoms with Crippen molar-refractivity contribution in [3.8, 4) is 11.6 Å². The first-order valence-electron chi connectivity index (χ1n) is 6.78. The lowest BCUT2D eigenvalue weighted by atomic mass is 10.1. The van der Waals surface area contributed by atoms with Gasteiger partial charge in [-0.15, -0.1) is 0 Å². The lowest BCUT2D eigenvalue weighted by Gasteiger charge is -2.09. The van der Waals surface area contributed by atoms with Crippen molar-refractivity contribution < 1.29 is 4.74 Å². The van der Waals surface area contributed by atoms with Gasteiger partial charge in [0, 0.05) is 11.0 Å². The fraction of sp³-hybridized carbons (Fsp3) is 0.188. The number of hydrogen-bond donors (Lipinski definition) is 1. The number of halogens is 1. The topological polar surface area (TPSA) is 53.1 Å². The number of aromatic nitrogens is 2. The number of fused-ring (bicyclic) bond motifs is 1. The smallest absolute Gasteiger partial charge is 0.241 e. The van der Waals surface area contributed by atoms with E-state index in [0.29, 0.717) is 18.1 Å². The molecule has 0 unspecified atom stereocenters. The highest BCUT2D eigenvalue weighted by atomic mass is 79.9. The van der Waals surface area contributed by atoms with Crippen LogP contribution in [0.25, 0.3) is 10.8 Å². The predicted octanol–water partition coefficient (Wildman–Crippen LogP) is 4.50. The molecule has 0 saturated heterocycles. The van der Waals surface area contributed by atoms with E-state index in [1.54, 1.807) is 4.68 Å². The molecule has 0 amide bonds. The number of aryl methyl sites for hydroxylation is 2. The average Bonchev–Trinajstić information content (AvgIpc) is 2.75. The molecule has 108 valence electrons. The van der Waals surface area contributed by atoms with E-state index in [2.05, 4.69) is 33.2 Å². The van der Waals surface area contributed by atoms with Gasteiger partial charge in [0.1, 0.15) is 11.4 Å². The minimum Gasteiger partial charge on any atom is -0.437 e. The summed E-state index contributed by atoms with van der Waals surface area (Å²) in [6, 6.07) is 12.1. The van der Waals surface area contributed by atoms with Crippen LogP contribution < -0.4 is 10.5 Å². The quantitative estimate of drug-likeness (QED) is 0.760. The van der Waals surface area contributed by atoms with E-state index in [4.69, 9.17) is 10.5 Å². The van der Waals surface area contributed by atoms with Crippen LogP contribution in [0.3, 0.4) is 0 Å². The summed E-state index contributed by atoms with van der Waals surface area (Å²) in [5, 5.41) is 6.64. The van der Waals surface area contributed by atoms with Crippen molar-refractivity contribution in [2.45, 2.75) is 20.4 Å². The highest BCUT2D eigenvalue weighted by Crippen LogP contribution is 2.32. The zero-order valence-corrected chi connectivity index (χ0v) is 13.5. The lowest BCUT2D eigenvalue weighted by molar-refractivity contribution is 0.419. The highest BCUT2D eigenvalue weighted by Gasteiger charge is 2.13. The van der Waals surface area contributed by atoms with Crippen LogP contribution >= 0.6 is 15.9 Å². The SMILES string of the molecule is CCn1nc(C)c(N)c1Oc1ccc2cc(Br)ccc2c1. The monoisotopic (exact) mass is 345 g/mol. The number of nitrogen functional groups attached to an aromatic ring is 1. The van der Waals surface area contributed by atoms with Crippen molar-refractivity contribution in [2.75, 3.05) is 5.73 Å². The van der Waals surface area contributed by atoms with Crippen LogP contribution in [0.1, 0.15) is 12.6 Å². The van der Waals surface area contributed by atoms with Crippen molar-refractivity contribution in [1.29, 1.82) is 0 Å². The molecule has 0 aliphatic carbocycles. The summed E-state index contributed by atoms with van der Waals surface area (Å²) in [6.07, 6.45) is 0. The minimum atomic E-state index is 0.591. The van der Waals surface area contributed by atoms with Crippen LogP contribution in [0.5, 0.6) is 11.6 Å². The molecule has 0 aliphatic heterocycles. The van der Waals surface area contributed by atoms with Gasteiger partial charge in [0.15, 0.2) is 0 Å². The summed E-state index contributed by atoms with van der Waals surface area (Å²) < 4.78 is 8.79. The first-order valence-corrected chi connectivity index (χ1v) is 7.58. The summed E-state index contributed by atoms with van der Waals surface area (Å²) in [7, 11) is 0. The van der Waals surface area contributed by atoms with Gasteiger partial charge in [-0.05, 0) is 48.9 Å². The number of rotatable bonds is 3. The van der Waals surface area contributed by atoms with Crippen LogP contribution in [-0.4, -0.2) is 9.78 Å². The van der Waals surface area contributed by atoms with E-state index in [9.17, 15) is 0 Å². The molecule has 2 aromatic carbocycles. The minimum absolute atomic E-state index is 0.591. The summed E-state index contributed by atoms with van der Waals surface area (Å²) in [5.74, 6) is 1.36. The van der Waals surface area contributed by atoms with Gasteiger partial charge in [-0.25, -0.2) is 4.68 Å². The summed E-state index contributed by atoms with van der Waals surface area (Å²) in [6.45, 7) is 4.61. The highest BCUT2D eigenvalue weighted by molar-refractivity contribution is 9.10. The van der Waals surface area contributed by atoms with E-state index in [-0.39, 0.29) is 0 Å². The van der Waals surface area contributed by atoms with Gasteiger partial charge in [0.25, 0.3) is 0 Å². The Balaban J connectivity index is 2.00. The van der Waals surface area contributed by atoms with Gasteiger partial charge in [0.05, 0.1) is 5.69 Å². The average molecular weight is 346 g/mol. The molecule has 0 radical (unpaired) electrons. The Morgan fingerprint density at radius 2 is 1.90 bits per heavy atom. The van der Waals surface area contributed by atoms with Gasteiger partial charge in [0.2, 0.25) is 5.88 Å². The first kappa shape index (κ1) is 13.9. The molecule has 0 bridgehead atoms. The largest absolute Gasteiger partial charge is 0.437 e. The number of nitrogens with two attached hydrogens (primary N) is 1. The Labute approximate surface area is 131 Å². The Kier molecular flexibility index (Phi) is 3.59. The summed E-state index contributed by atoms with van der Waals surface area (Å²) >= 11 is 3.48. The molecule has 2 N–H and O–H groups in total. The lowest BCUT2D eigenvalue weighted by Crippen LogP contribution is -2.00. The zero-order valence-electron chi connectivity index (χ0n) is 11.9. The Hall–Kier alpha value is -2.01. The third kappa shape index (κ3) is 2.61. The van der Waals surface area contributed by atoms with Crippen molar-refractivity contribution in [3.63, 3.8) is 0 Å². The van der Waals surface area contributed by atoms with Crippen molar-refractivity contribution in [1.82, 2.24) is 9.78 Å². The van der Waals surface area contributed by atoms with Crippen molar-refractivity contribution in [2.24, 2.45) is 0 Å². The molecule has 1 aromatic heterocycles. The van der Waals surface area contributed by atoms with Crippen LogP contribution in [0.15, 0.2) is 40.9 Å². The maximum atomic E-state index is 6.04. The van der Waals surface area contributed by atoms with E-state index < -0.39 is 0 Å². The zero-order chi connectivity index (χ0) is 15.0. The standard InChI is InChI=1S/C16H16BrN3O/c1-3-20-16(15(18)10(2)19-20)21-14-7-5-11-8-13(17)6-4-12(11)9-14/h4-9H,3,18H2,1-2H3. The molecule has 0 aliphatic rings. The fourth-order valence-electron chi connectivity index (χ4n) is 2.27. The molecule has 21 heavy (non-hydrogen) atoms. The van der Waals surface area contributed by atoms with E-state index >= 15 is 0 Å². The molecule has 0 atom stereocenters. The van der Waals surface area contributed by atoms with Crippen LogP contribution in [-0.2, 0) is 6.54 Å². The van der Waals surface area contributed by atoms with Crippen LogP contribution in [0.4, 0.5) is 5.69 Å². The van der Waals surface area contributed by atoms with Gasteiger partial charge in [-0.1, -0.05) is 28.1 Å². The number of anilines is 1. The van der Waals surface area contributed by atoms with Crippen LogP contribution in [0.2, 0.25) is 0 Å². The van der Waals surface area contributed by atoms with E-state index in [1.165, 1.54) is 0 Å². The Morgan fingerprint density at radius 3 is 2.67 bits per heavy atom. The van der Waals surface area contributed by atoms with E-state index in [1.807, 2.05) is 38.1 Å². The molecule has 0 spiro atoms. The predicted molar refractivity (Wildman–Crippen MR) is 88.8 cm³/mol. The maximum absolute atomic E-state index is 6.04. The van der Waals surface area contributed by atoms with Gasteiger partial charge < -0.3 is 10.5 Å². The summed E-state index contributed by atoms with van der Waals surface area (Å²) in [5.41, 5.74) is 7.42. The maximum Gasteiger partial charge on any atom is 0.241 e. The third-order valence-corrected chi connectivity index (χ3v) is 3.91. The molecule has 3 rings (SSSR count). The third-order valence-electron chi connectivity index (χ3n) is 3.41. The molecular weight excluding hydrogens is 330 g/mol. The van der Waals surface area contributed by atoms with E-state index in [0.717, 1.165) is 26.7 Å². The number of benzene rings is 2. The van der Waals surface area contributed by atoms with Crippen molar-refractivity contribution in [3.05, 3.63) is 46.6 Å². The second kappa shape index (κ2) is 5.41. The summed E-state index contributed by atoms with van der Waals surface area (Å²) in [4.78, 5) is 0. The molecule has 1 heterocycles. The van der Waals surface area contributed by atoms with Gasteiger partial charge >= 0.3 is 0 Å².